The zero-order valence-electron chi connectivity index (χ0n) is 11.9. The molecule has 2 rings (SSSR count). The van der Waals surface area contributed by atoms with Crippen LogP contribution in [0.1, 0.15) is 42.9 Å². The number of unbranched alkanes of at least 4 members (excludes halogenated alkanes) is 1. The fourth-order valence-electron chi connectivity index (χ4n) is 2.82. The first-order valence-corrected chi connectivity index (χ1v) is 9.30. The van der Waals surface area contributed by atoms with Crippen LogP contribution in [0.5, 0.6) is 0 Å². The molecule has 1 aliphatic rings. The Bertz CT molecular complexity index is 545. The van der Waals surface area contributed by atoms with Crippen LogP contribution in [0, 0.1) is 0 Å². The Morgan fingerprint density at radius 3 is 2.80 bits per heavy atom. The van der Waals surface area contributed by atoms with E-state index in [1.165, 1.54) is 11.1 Å². The fourth-order valence-corrected chi connectivity index (χ4v) is 4.48. The highest BCUT2D eigenvalue weighted by atomic mass is 35.5. The normalized spacial score (nSPS) is 19.1. The Kier molecular flexibility index (Phi) is 5.47. The lowest BCUT2D eigenvalue weighted by Gasteiger charge is -2.32. The summed E-state index contributed by atoms with van der Waals surface area (Å²) in [6.07, 6.45) is 4.37. The summed E-state index contributed by atoms with van der Waals surface area (Å²) in [6, 6.07) is 8.17. The van der Waals surface area contributed by atoms with Crippen LogP contribution in [0.25, 0.3) is 0 Å². The number of hydrogen-bond acceptors (Lipinski definition) is 2. The molecule has 1 unspecified atom stereocenters. The molecule has 0 fully saturated rings. The number of hydrogen-bond donors (Lipinski definition) is 0. The van der Waals surface area contributed by atoms with Crippen LogP contribution in [0.4, 0.5) is 0 Å². The average Bonchev–Trinajstić information content (AvgIpc) is 2.46. The maximum atomic E-state index is 12.4. The maximum absolute atomic E-state index is 12.4. The molecule has 0 aromatic heterocycles. The summed E-state index contributed by atoms with van der Waals surface area (Å²) >= 11 is 5.62. The number of aryl methyl sites for hydroxylation is 1. The molecule has 0 radical (unpaired) electrons. The quantitative estimate of drug-likeness (QED) is 0.596. The molecule has 0 saturated heterocycles. The molecule has 1 aliphatic carbocycles. The Morgan fingerprint density at radius 2 is 2.05 bits per heavy atom. The highest BCUT2D eigenvalue weighted by molar-refractivity contribution is 7.89. The average molecular weight is 316 g/mol. The second kappa shape index (κ2) is 6.92. The van der Waals surface area contributed by atoms with Crippen molar-refractivity contribution in [2.75, 3.05) is 18.7 Å². The van der Waals surface area contributed by atoms with E-state index < -0.39 is 10.0 Å². The smallest absolute Gasteiger partial charge is 0.212 e. The van der Waals surface area contributed by atoms with Crippen LogP contribution in [0.15, 0.2) is 24.3 Å². The zero-order chi connectivity index (χ0) is 14.6. The maximum Gasteiger partial charge on any atom is 0.214 e. The number of rotatable bonds is 6. The van der Waals surface area contributed by atoms with Gasteiger partial charge in [0.2, 0.25) is 10.0 Å². The Morgan fingerprint density at radius 1 is 1.30 bits per heavy atom. The van der Waals surface area contributed by atoms with E-state index in [-0.39, 0.29) is 11.8 Å². The molecule has 0 saturated carbocycles. The van der Waals surface area contributed by atoms with E-state index in [2.05, 4.69) is 12.1 Å². The van der Waals surface area contributed by atoms with Crippen molar-refractivity contribution in [1.82, 2.24) is 4.31 Å². The number of alkyl halides is 1. The van der Waals surface area contributed by atoms with Crippen molar-refractivity contribution in [3.8, 4) is 0 Å². The van der Waals surface area contributed by atoms with Gasteiger partial charge in [-0.3, -0.25) is 0 Å². The van der Waals surface area contributed by atoms with E-state index in [4.69, 9.17) is 11.6 Å². The molecule has 20 heavy (non-hydrogen) atoms. The van der Waals surface area contributed by atoms with Crippen molar-refractivity contribution < 1.29 is 8.42 Å². The van der Waals surface area contributed by atoms with Crippen LogP contribution in [-0.2, 0) is 16.4 Å². The zero-order valence-corrected chi connectivity index (χ0v) is 13.5. The second-order valence-electron chi connectivity index (χ2n) is 5.34. The Labute approximate surface area is 127 Å². The molecule has 112 valence electrons. The minimum absolute atomic E-state index is 0.0130. The van der Waals surface area contributed by atoms with Gasteiger partial charge in [0.1, 0.15) is 0 Å². The summed E-state index contributed by atoms with van der Waals surface area (Å²) in [7, 11) is -1.49. The van der Waals surface area contributed by atoms with E-state index >= 15 is 0 Å². The van der Waals surface area contributed by atoms with Gasteiger partial charge in [-0.15, -0.1) is 11.6 Å². The number of fused-ring (bicyclic) bond motifs is 1. The molecule has 0 spiro atoms. The van der Waals surface area contributed by atoms with Gasteiger partial charge in [0.25, 0.3) is 0 Å². The van der Waals surface area contributed by atoms with E-state index in [0.29, 0.717) is 12.3 Å². The third kappa shape index (κ3) is 3.54. The van der Waals surface area contributed by atoms with Gasteiger partial charge in [-0.2, -0.15) is 4.31 Å². The Balaban J connectivity index is 2.15. The van der Waals surface area contributed by atoms with E-state index in [0.717, 1.165) is 25.7 Å². The van der Waals surface area contributed by atoms with Crippen molar-refractivity contribution >= 4 is 21.6 Å². The minimum Gasteiger partial charge on any atom is -0.212 e. The molecule has 0 bridgehead atoms. The molecule has 0 N–H and O–H groups in total. The van der Waals surface area contributed by atoms with Crippen molar-refractivity contribution in [1.29, 1.82) is 0 Å². The molecule has 0 aliphatic heterocycles. The standard InChI is InChI=1S/C15H22ClNO2S/c1-17(20(18,19)12-5-4-11-16)15-10-6-8-13-7-2-3-9-14(13)15/h2-3,7,9,15H,4-6,8,10-12H2,1H3. The molecule has 1 aromatic rings. The van der Waals surface area contributed by atoms with E-state index in [1.807, 2.05) is 12.1 Å². The monoisotopic (exact) mass is 315 g/mol. The first-order valence-electron chi connectivity index (χ1n) is 7.16. The first kappa shape index (κ1) is 15.8. The van der Waals surface area contributed by atoms with Gasteiger partial charge < -0.3 is 0 Å². The van der Waals surface area contributed by atoms with Crippen molar-refractivity contribution in [2.45, 2.75) is 38.1 Å². The van der Waals surface area contributed by atoms with Gasteiger partial charge in [-0.1, -0.05) is 24.3 Å². The molecule has 0 amide bonds. The van der Waals surface area contributed by atoms with Crippen molar-refractivity contribution in [3.05, 3.63) is 35.4 Å². The second-order valence-corrected chi connectivity index (χ2v) is 7.86. The van der Waals surface area contributed by atoms with Crippen LogP contribution < -0.4 is 0 Å². The van der Waals surface area contributed by atoms with Crippen molar-refractivity contribution in [3.63, 3.8) is 0 Å². The molecular weight excluding hydrogens is 294 g/mol. The van der Waals surface area contributed by atoms with Crippen LogP contribution in [-0.4, -0.2) is 31.4 Å². The van der Waals surface area contributed by atoms with Crippen LogP contribution in [0.2, 0.25) is 0 Å². The summed E-state index contributed by atoms with van der Waals surface area (Å²) in [5, 5.41) is 0. The number of nitrogens with zero attached hydrogens (tertiary/aromatic N) is 1. The molecule has 5 heteroatoms. The van der Waals surface area contributed by atoms with Gasteiger partial charge in [-0.25, -0.2) is 8.42 Å². The van der Waals surface area contributed by atoms with E-state index in [1.54, 1.807) is 11.4 Å². The largest absolute Gasteiger partial charge is 0.214 e. The predicted molar refractivity (Wildman–Crippen MR) is 83.6 cm³/mol. The van der Waals surface area contributed by atoms with Crippen molar-refractivity contribution in [2.24, 2.45) is 0 Å². The first-order chi connectivity index (χ1) is 9.56. The van der Waals surface area contributed by atoms with Gasteiger partial charge in [0.15, 0.2) is 0 Å². The molecule has 1 aromatic carbocycles. The van der Waals surface area contributed by atoms with Gasteiger partial charge in [0, 0.05) is 19.0 Å². The van der Waals surface area contributed by atoms with Gasteiger partial charge in [0.05, 0.1) is 5.75 Å². The third-order valence-corrected chi connectivity index (χ3v) is 6.21. The molecule has 3 nitrogen and oxygen atoms in total. The lowest BCUT2D eigenvalue weighted by Crippen LogP contribution is -2.35. The minimum atomic E-state index is -3.20. The van der Waals surface area contributed by atoms with Crippen LogP contribution >= 0.6 is 11.6 Å². The highest BCUT2D eigenvalue weighted by Gasteiger charge is 2.30. The number of sulfonamides is 1. The predicted octanol–water partition coefficient (Wildman–Crippen LogP) is 3.34. The fraction of sp³-hybridized carbons (Fsp3) is 0.600. The number of benzene rings is 1. The molecular formula is C15H22ClNO2S. The Hall–Kier alpha value is -0.580. The topological polar surface area (TPSA) is 37.4 Å². The summed E-state index contributed by atoms with van der Waals surface area (Å²) in [4.78, 5) is 0. The lowest BCUT2D eigenvalue weighted by molar-refractivity contribution is 0.337. The van der Waals surface area contributed by atoms with E-state index in [9.17, 15) is 8.42 Å². The molecule has 0 heterocycles. The SMILES string of the molecule is CN(C1CCCc2ccccc21)S(=O)(=O)CCCCCl. The van der Waals surface area contributed by atoms with Gasteiger partial charge >= 0.3 is 0 Å². The summed E-state index contributed by atoms with van der Waals surface area (Å²) in [5.41, 5.74) is 2.45. The molecule has 1 atom stereocenters. The summed E-state index contributed by atoms with van der Waals surface area (Å²) in [5.74, 6) is 0.709. The highest BCUT2D eigenvalue weighted by Crippen LogP contribution is 2.34. The van der Waals surface area contributed by atoms with Crippen LogP contribution in [0.3, 0.4) is 0 Å². The summed E-state index contributed by atoms with van der Waals surface area (Å²) in [6.45, 7) is 0. The van der Waals surface area contributed by atoms with Gasteiger partial charge in [-0.05, 0) is 43.2 Å². The summed E-state index contributed by atoms with van der Waals surface area (Å²) < 4.78 is 26.4. The third-order valence-electron chi connectivity index (χ3n) is 4.00. The number of halogens is 1. The lowest BCUT2D eigenvalue weighted by atomic mass is 9.88.